The normalized spacial score (nSPS) is 13.6. The molecule has 32 heavy (non-hydrogen) atoms. The van der Waals surface area contributed by atoms with Crippen molar-refractivity contribution in [2.75, 3.05) is 49.7 Å². The Balaban J connectivity index is 1.61. The van der Waals surface area contributed by atoms with Crippen LogP contribution in [0.15, 0.2) is 48.7 Å². The van der Waals surface area contributed by atoms with Gasteiger partial charge in [0, 0.05) is 30.8 Å². The highest BCUT2D eigenvalue weighted by Gasteiger charge is 2.21. The second-order valence-corrected chi connectivity index (χ2v) is 8.16. The lowest BCUT2D eigenvalue weighted by atomic mass is 10.2. The van der Waals surface area contributed by atoms with Crippen molar-refractivity contribution in [2.24, 2.45) is 0 Å². The maximum Gasteiger partial charge on any atom is 0.267 e. The van der Waals surface area contributed by atoms with Crippen LogP contribution in [0, 0.1) is 0 Å². The van der Waals surface area contributed by atoms with Crippen LogP contribution in [0.3, 0.4) is 0 Å². The molecule has 2 aromatic carbocycles. The molecule has 0 radical (unpaired) electrons. The average molecular weight is 454 g/mol. The lowest BCUT2D eigenvalue weighted by Crippen LogP contribution is -2.36. The Morgan fingerprint density at radius 2 is 1.81 bits per heavy atom. The first kappa shape index (κ1) is 22.1. The number of amides is 1. The first-order valence-electron chi connectivity index (χ1n) is 10.8. The van der Waals surface area contributed by atoms with Gasteiger partial charge in [0.15, 0.2) is 0 Å². The number of carbonyl (C=O) groups is 1. The van der Waals surface area contributed by atoms with E-state index in [-0.39, 0.29) is 5.91 Å². The Kier molecular flexibility index (Phi) is 7.24. The summed E-state index contributed by atoms with van der Waals surface area (Å²) in [5, 5.41) is 3.79. The predicted molar refractivity (Wildman–Crippen MR) is 127 cm³/mol. The van der Waals surface area contributed by atoms with Gasteiger partial charge >= 0.3 is 0 Å². The highest BCUT2D eigenvalue weighted by molar-refractivity contribution is 7.17. The van der Waals surface area contributed by atoms with Crippen LogP contribution >= 0.6 is 11.3 Å². The number of aromatic nitrogens is 1. The number of rotatable bonds is 8. The third-order valence-corrected chi connectivity index (χ3v) is 6.06. The molecule has 1 fully saturated rings. The van der Waals surface area contributed by atoms with Crippen LogP contribution in [0.1, 0.15) is 23.5 Å². The van der Waals surface area contributed by atoms with Crippen molar-refractivity contribution >= 4 is 28.6 Å². The van der Waals surface area contributed by atoms with E-state index in [0.717, 1.165) is 29.3 Å². The number of morpholine rings is 1. The van der Waals surface area contributed by atoms with Gasteiger partial charge in [-0.2, -0.15) is 0 Å². The number of hydrogen-bond acceptors (Lipinski definition) is 7. The number of nitrogens with zero attached hydrogens (tertiary/aromatic N) is 2. The van der Waals surface area contributed by atoms with Gasteiger partial charge in [0.25, 0.3) is 5.91 Å². The minimum Gasteiger partial charge on any atom is -0.492 e. The quantitative estimate of drug-likeness (QED) is 0.533. The molecule has 0 unspecified atom stereocenters. The Morgan fingerprint density at radius 1 is 1.09 bits per heavy atom. The van der Waals surface area contributed by atoms with E-state index in [4.69, 9.17) is 14.2 Å². The lowest BCUT2D eigenvalue weighted by Gasteiger charge is -2.31. The third kappa shape index (κ3) is 5.03. The van der Waals surface area contributed by atoms with E-state index in [0.29, 0.717) is 48.5 Å². The SMILES string of the molecule is CCOc1cc(N2CCOCC2)c(OCC)cc1NC(=O)c1cnc(-c2ccccc2)s1. The maximum absolute atomic E-state index is 13.0. The molecule has 0 aliphatic carbocycles. The summed E-state index contributed by atoms with van der Waals surface area (Å²) in [6.07, 6.45) is 1.61. The lowest BCUT2D eigenvalue weighted by molar-refractivity contribution is 0.103. The Labute approximate surface area is 191 Å². The average Bonchev–Trinajstić information content (AvgIpc) is 3.33. The van der Waals surface area contributed by atoms with Crippen molar-refractivity contribution in [1.29, 1.82) is 0 Å². The highest BCUT2D eigenvalue weighted by Crippen LogP contribution is 2.39. The van der Waals surface area contributed by atoms with Gasteiger partial charge in [-0.15, -0.1) is 11.3 Å². The number of anilines is 2. The monoisotopic (exact) mass is 453 g/mol. The van der Waals surface area contributed by atoms with Crippen LogP contribution in [0.5, 0.6) is 11.5 Å². The highest BCUT2D eigenvalue weighted by atomic mass is 32.1. The number of nitrogens with one attached hydrogen (secondary N) is 1. The first-order valence-corrected chi connectivity index (χ1v) is 11.6. The van der Waals surface area contributed by atoms with Crippen LogP contribution in [0.4, 0.5) is 11.4 Å². The van der Waals surface area contributed by atoms with Crippen molar-refractivity contribution in [2.45, 2.75) is 13.8 Å². The fraction of sp³-hybridized carbons (Fsp3) is 0.333. The van der Waals surface area contributed by atoms with E-state index in [2.05, 4.69) is 15.2 Å². The number of thiazole rings is 1. The van der Waals surface area contributed by atoms with Gasteiger partial charge in [-0.05, 0) is 13.8 Å². The zero-order valence-electron chi connectivity index (χ0n) is 18.3. The van der Waals surface area contributed by atoms with Crippen molar-refractivity contribution in [3.05, 3.63) is 53.5 Å². The Bertz CT molecular complexity index is 1050. The van der Waals surface area contributed by atoms with Crippen molar-refractivity contribution in [3.63, 3.8) is 0 Å². The van der Waals surface area contributed by atoms with E-state index in [1.165, 1.54) is 11.3 Å². The number of carbonyl (C=O) groups excluding carboxylic acids is 1. The zero-order valence-corrected chi connectivity index (χ0v) is 19.1. The summed E-state index contributed by atoms with van der Waals surface area (Å²) in [7, 11) is 0. The van der Waals surface area contributed by atoms with Gasteiger partial charge in [0.05, 0.1) is 44.0 Å². The molecule has 1 aliphatic rings. The summed E-state index contributed by atoms with van der Waals surface area (Å²) in [5.74, 6) is 1.09. The standard InChI is InChI=1S/C24H27N3O4S/c1-3-30-20-15-19(27-10-12-29-13-11-27)21(31-4-2)14-18(20)26-23(28)22-16-25-24(32-22)17-8-6-5-7-9-17/h5-9,14-16H,3-4,10-13H2,1-2H3,(H,26,28). The van der Waals surface area contributed by atoms with Gasteiger partial charge in [0.1, 0.15) is 21.4 Å². The summed E-state index contributed by atoms with van der Waals surface area (Å²) < 4.78 is 17.3. The van der Waals surface area contributed by atoms with Crippen molar-refractivity contribution in [1.82, 2.24) is 4.98 Å². The molecule has 3 aromatic rings. The van der Waals surface area contributed by atoms with Crippen LogP contribution in [0.2, 0.25) is 0 Å². The predicted octanol–water partition coefficient (Wildman–Crippen LogP) is 4.70. The summed E-state index contributed by atoms with van der Waals surface area (Å²) in [4.78, 5) is 20.2. The minimum absolute atomic E-state index is 0.229. The van der Waals surface area contributed by atoms with E-state index in [1.807, 2.05) is 56.3 Å². The molecule has 4 rings (SSSR count). The molecule has 1 aromatic heterocycles. The zero-order chi connectivity index (χ0) is 22.3. The molecule has 1 amide bonds. The van der Waals surface area contributed by atoms with Gasteiger partial charge < -0.3 is 24.4 Å². The van der Waals surface area contributed by atoms with Gasteiger partial charge in [0.2, 0.25) is 0 Å². The molecule has 0 saturated carbocycles. The number of benzene rings is 2. The molecule has 0 bridgehead atoms. The number of hydrogen-bond donors (Lipinski definition) is 1. The maximum atomic E-state index is 13.0. The second kappa shape index (κ2) is 10.5. The molecule has 0 atom stereocenters. The Hall–Kier alpha value is -3.10. The molecule has 1 saturated heterocycles. The van der Waals surface area contributed by atoms with E-state index in [1.54, 1.807) is 6.20 Å². The molecule has 2 heterocycles. The van der Waals surface area contributed by atoms with Crippen LogP contribution in [-0.4, -0.2) is 50.4 Å². The molecule has 168 valence electrons. The van der Waals surface area contributed by atoms with Crippen LogP contribution < -0.4 is 19.7 Å². The van der Waals surface area contributed by atoms with Gasteiger partial charge in [-0.1, -0.05) is 30.3 Å². The molecule has 1 N–H and O–H groups in total. The summed E-state index contributed by atoms with van der Waals surface area (Å²) in [5.41, 5.74) is 2.51. The molecule has 7 nitrogen and oxygen atoms in total. The Morgan fingerprint density at radius 3 is 2.53 bits per heavy atom. The van der Waals surface area contributed by atoms with Crippen LogP contribution in [-0.2, 0) is 4.74 Å². The van der Waals surface area contributed by atoms with Gasteiger partial charge in [-0.25, -0.2) is 4.98 Å². The molecule has 8 heteroatoms. The summed E-state index contributed by atoms with van der Waals surface area (Å²) in [6, 6.07) is 13.6. The molecule has 1 aliphatic heterocycles. The number of ether oxygens (including phenoxy) is 3. The smallest absolute Gasteiger partial charge is 0.267 e. The first-order chi connectivity index (χ1) is 15.7. The molecular weight excluding hydrogens is 426 g/mol. The van der Waals surface area contributed by atoms with Crippen molar-refractivity contribution < 1.29 is 19.0 Å². The van der Waals surface area contributed by atoms with E-state index >= 15 is 0 Å². The third-order valence-electron chi connectivity index (χ3n) is 5.01. The van der Waals surface area contributed by atoms with Gasteiger partial charge in [-0.3, -0.25) is 4.79 Å². The largest absolute Gasteiger partial charge is 0.492 e. The minimum atomic E-state index is -0.229. The van der Waals surface area contributed by atoms with Crippen molar-refractivity contribution in [3.8, 4) is 22.1 Å². The fourth-order valence-electron chi connectivity index (χ4n) is 3.52. The van der Waals surface area contributed by atoms with Crippen LogP contribution in [0.25, 0.3) is 10.6 Å². The summed E-state index contributed by atoms with van der Waals surface area (Å²) in [6.45, 7) is 7.77. The topological polar surface area (TPSA) is 72.9 Å². The summed E-state index contributed by atoms with van der Waals surface area (Å²) >= 11 is 1.36. The molecule has 0 spiro atoms. The fourth-order valence-corrected chi connectivity index (χ4v) is 4.34. The second-order valence-electron chi connectivity index (χ2n) is 7.13. The van der Waals surface area contributed by atoms with E-state index < -0.39 is 0 Å². The molecular formula is C24H27N3O4S. The van der Waals surface area contributed by atoms with E-state index in [9.17, 15) is 4.79 Å².